The molecule has 0 bridgehead atoms. The quantitative estimate of drug-likeness (QED) is 0.730. The van der Waals surface area contributed by atoms with E-state index in [9.17, 15) is 4.79 Å². The van der Waals surface area contributed by atoms with Crippen LogP contribution in [-0.2, 0) is 0 Å². The lowest BCUT2D eigenvalue weighted by Crippen LogP contribution is -2.29. The third kappa shape index (κ3) is 3.79. The molecule has 0 aliphatic heterocycles. The Bertz CT molecular complexity index is 730. The van der Waals surface area contributed by atoms with Crippen LogP contribution >= 0.6 is 11.6 Å². The molecule has 2 nitrogen and oxygen atoms in total. The molecule has 1 N–H and O–H groups in total. The van der Waals surface area contributed by atoms with E-state index in [4.69, 9.17) is 11.6 Å². The summed E-state index contributed by atoms with van der Waals surface area (Å²) >= 11 is 5.88. The van der Waals surface area contributed by atoms with E-state index in [1.54, 1.807) is 24.3 Å². The molecule has 0 radical (unpaired) electrons. The van der Waals surface area contributed by atoms with E-state index in [2.05, 4.69) is 5.32 Å². The Kier molecular flexibility index (Phi) is 4.74. The van der Waals surface area contributed by atoms with Gasteiger partial charge in [-0.15, -0.1) is 0 Å². The largest absolute Gasteiger partial charge is 0.341 e. The fourth-order valence-corrected chi connectivity index (χ4v) is 2.59. The third-order valence-corrected chi connectivity index (χ3v) is 3.90. The monoisotopic (exact) mass is 321 g/mol. The predicted molar refractivity (Wildman–Crippen MR) is 93.6 cm³/mol. The molecule has 3 aromatic carbocycles. The maximum atomic E-state index is 12.6. The minimum atomic E-state index is -0.194. The van der Waals surface area contributed by atoms with Crippen LogP contribution in [0, 0.1) is 0 Å². The SMILES string of the molecule is O=C(NC(c1ccccc1)c1ccccc1)c1ccc(Cl)cc1. The molecular weight excluding hydrogens is 306 g/mol. The van der Waals surface area contributed by atoms with Gasteiger partial charge in [0.05, 0.1) is 6.04 Å². The fourth-order valence-electron chi connectivity index (χ4n) is 2.47. The second-order valence-corrected chi connectivity index (χ2v) is 5.67. The van der Waals surface area contributed by atoms with Gasteiger partial charge < -0.3 is 5.32 Å². The van der Waals surface area contributed by atoms with Gasteiger partial charge in [-0.1, -0.05) is 72.3 Å². The molecule has 0 saturated carbocycles. The van der Waals surface area contributed by atoms with Crippen LogP contribution in [-0.4, -0.2) is 5.91 Å². The summed E-state index contributed by atoms with van der Waals surface area (Å²) in [6.45, 7) is 0. The number of benzene rings is 3. The summed E-state index contributed by atoms with van der Waals surface area (Å²) in [5.74, 6) is -0.126. The van der Waals surface area contributed by atoms with Crippen LogP contribution in [0.2, 0.25) is 5.02 Å². The van der Waals surface area contributed by atoms with E-state index < -0.39 is 0 Å². The van der Waals surface area contributed by atoms with Gasteiger partial charge in [0.2, 0.25) is 0 Å². The summed E-state index contributed by atoms with van der Waals surface area (Å²) in [6, 6.07) is 26.6. The normalized spacial score (nSPS) is 10.5. The number of halogens is 1. The van der Waals surface area contributed by atoms with Crippen molar-refractivity contribution in [3.63, 3.8) is 0 Å². The van der Waals surface area contributed by atoms with Crippen LogP contribution in [0.5, 0.6) is 0 Å². The zero-order valence-electron chi connectivity index (χ0n) is 12.4. The van der Waals surface area contributed by atoms with Crippen LogP contribution < -0.4 is 5.32 Å². The lowest BCUT2D eigenvalue weighted by atomic mass is 9.98. The number of hydrogen-bond acceptors (Lipinski definition) is 1. The highest BCUT2D eigenvalue weighted by Gasteiger charge is 2.17. The van der Waals surface area contributed by atoms with Crippen molar-refractivity contribution in [2.75, 3.05) is 0 Å². The molecule has 0 saturated heterocycles. The van der Waals surface area contributed by atoms with E-state index in [-0.39, 0.29) is 11.9 Å². The van der Waals surface area contributed by atoms with Crippen molar-refractivity contribution in [2.24, 2.45) is 0 Å². The molecule has 0 aromatic heterocycles. The Morgan fingerprint density at radius 3 is 1.70 bits per heavy atom. The standard InChI is InChI=1S/C20H16ClNO/c21-18-13-11-17(12-14-18)20(23)22-19(15-7-3-1-4-8-15)16-9-5-2-6-10-16/h1-14,19H,(H,22,23). The van der Waals surface area contributed by atoms with Crippen LogP contribution in [0.3, 0.4) is 0 Å². The molecule has 1 amide bonds. The first-order chi connectivity index (χ1) is 11.2. The van der Waals surface area contributed by atoms with Gasteiger partial charge in [-0.05, 0) is 35.4 Å². The van der Waals surface area contributed by atoms with Crippen molar-refractivity contribution in [1.82, 2.24) is 5.32 Å². The highest BCUT2D eigenvalue weighted by molar-refractivity contribution is 6.30. The maximum Gasteiger partial charge on any atom is 0.252 e. The first kappa shape index (κ1) is 15.3. The lowest BCUT2D eigenvalue weighted by molar-refractivity contribution is 0.0943. The average molecular weight is 322 g/mol. The molecule has 114 valence electrons. The highest BCUT2D eigenvalue weighted by Crippen LogP contribution is 2.22. The molecule has 0 fully saturated rings. The van der Waals surface area contributed by atoms with Gasteiger partial charge in [-0.3, -0.25) is 4.79 Å². The smallest absolute Gasteiger partial charge is 0.252 e. The molecule has 0 aliphatic rings. The van der Waals surface area contributed by atoms with Crippen LogP contribution in [0.4, 0.5) is 0 Å². The van der Waals surface area contributed by atoms with Gasteiger partial charge in [0.15, 0.2) is 0 Å². The van der Waals surface area contributed by atoms with E-state index >= 15 is 0 Å². The van der Waals surface area contributed by atoms with Gasteiger partial charge in [0, 0.05) is 10.6 Å². The Morgan fingerprint density at radius 1 is 0.739 bits per heavy atom. The highest BCUT2D eigenvalue weighted by atomic mass is 35.5. The van der Waals surface area contributed by atoms with Crippen molar-refractivity contribution in [1.29, 1.82) is 0 Å². The summed E-state index contributed by atoms with van der Waals surface area (Å²) in [4.78, 5) is 12.6. The second-order valence-electron chi connectivity index (χ2n) is 5.23. The molecule has 0 atom stereocenters. The Labute approximate surface area is 140 Å². The van der Waals surface area contributed by atoms with E-state index in [1.165, 1.54) is 0 Å². The molecule has 3 aromatic rings. The van der Waals surface area contributed by atoms with Crippen LogP contribution in [0.1, 0.15) is 27.5 Å². The van der Waals surface area contributed by atoms with Crippen molar-refractivity contribution >= 4 is 17.5 Å². The topological polar surface area (TPSA) is 29.1 Å². The van der Waals surface area contributed by atoms with Crippen molar-refractivity contribution < 1.29 is 4.79 Å². The second kappa shape index (κ2) is 7.12. The first-order valence-electron chi connectivity index (χ1n) is 7.40. The van der Waals surface area contributed by atoms with E-state index in [1.807, 2.05) is 60.7 Å². The minimum absolute atomic E-state index is 0.126. The first-order valence-corrected chi connectivity index (χ1v) is 7.78. The van der Waals surface area contributed by atoms with Gasteiger partial charge in [-0.25, -0.2) is 0 Å². The van der Waals surface area contributed by atoms with Gasteiger partial charge in [0.1, 0.15) is 0 Å². The fraction of sp³-hybridized carbons (Fsp3) is 0.0500. The summed E-state index contributed by atoms with van der Waals surface area (Å²) in [6.07, 6.45) is 0. The Morgan fingerprint density at radius 2 is 1.22 bits per heavy atom. The molecular formula is C20H16ClNO. The number of hydrogen-bond donors (Lipinski definition) is 1. The number of carbonyl (C=O) groups is 1. The zero-order chi connectivity index (χ0) is 16.1. The number of rotatable bonds is 4. The molecule has 0 spiro atoms. The van der Waals surface area contributed by atoms with E-state index in [0.717, 1.165) is 11.1 Å². The third-order valence-electron chi connectivity index (χ3n) is 3.65. The Hall–Kier alpha value is -2.58. The molecule has 3 heteroatoms. The molecule has 3 rings (SSSR count). The number of nitrogens with one attached hydrogen (secondary N) is 1. The predicted octanol–water partition coefficient (Wildman–Crippen LogP) is 4.86. The average Bonchev–Trinajstić information content (AvgIpc) is 2.61. The minimum Gasteiger partial charge on any atom is -0.341 e. The van der Waals surface area contributed by atoms with E-state index in [0.29, 0.717) is 10.6 Å². The van der Waals surface area contributed by atoms with Gasteiger partial charge in [0.25, 0.3) is 5.91 Å². The number of amides is 1. The van der Waals surface area contributed by atoms with Gasteiger partial charge in [-0.2, -0.15) is 0 Å². The lowest BCUT2D eigenvalue weighted by Gasteiger charge is -2.20. The molecule has 0 aliphatic carbocycles. The molecule has 0 heterocycles. The Balaban J connectivity index is 1.90. The van der Waals surface area contributed by atoms with Crippen molar-refractivity contribution in [3.8, 4) is 0 Å². The summed E-state index contributed by atoms with van der Waals surface area (Å²) in [5.41, 5.74) is 2.67. The molecule has 0 unspecified atom stereocenters. The zero-order valence-corrected chi connectivity index (χ0v) is 13.2. The number of carbonyl (C=O) groups excluding carboxylic acids is 1. The summed E-state index contributed by atoms with van der Waals surface area (Å²) < 4.78 is 0. The maximum absolute atomic E-state index is 12.6. The van der Waals surface area contributed by atoms with Gasteiger partial charge >= 0.3 is 0 Å². The van der Waals surface area contributed by atoms with Crippen molar-refractivity contribution in [3.05, 3.63) is 107 Å². The summed E-state index contributed by atoms with van der Waals surface area (Å²) in [7, 11) is 0. The van der Waals surface area contributed by atoms with Crippen LogP contribution in [0.15, 0.2) is 84.9 Å². The summed E-state index contributed by atoms with van der Waals surface area (Å²) in [5, 5.41) is 3.72. The van der Waals surface area contributed by atoms with Crippen LogP contribution in [0.25, 0.3) is 0 Å². The van der Waals surface area contributed by atoms with Crippen molar-refractivity contribution in [2.45, 2.75) is 6.04 Å². The molecule has 23 heavy (non-hydrogen) atoms.